The summed E-state index contributed by atoms with van der Waals surface area (Å²) in [5.41, 5.74) is 1.47. The Kier molecular flexibility index (Phi) is 5.27. The third-order valence-electron chi connectivity index (χ3n) is 3.97. The average molecular weight is 406 g/mol. The number of nitrogens with zero attached hydrogens (tertiary/aromatic N) is 2. The van der Waals surface area contributed by atoms with E-state index < -0.39 is 0 Å². The molecule has 0 aliphatic heterocycles. The highest BCUT2D eigenvalue weighted by atomic mass is 35.5. The first-order valence-corrected chi connectivity index (χ1v) is 9.03. The summed E-state index contributed by atoms with van der Waals surface area (Å²) in [5.74, 6) is -0.275. The van der Waals surface area contributed by atoms with Crippen LogP contribution >= 0.6 is 23.2 Å². The van der Waals surface area contributed by atoms with E-state index >= 15 is 0 Å². The highest BCUT2D eigenvalue weighted by Gasteiger charge is 2.22. The molecule has 140 valence electrons. The molecule has 4 nitrogen and oxygen atoms in total. The molecule has 0 aliphatic carbocycles. The molecule has 7 heteroatoms. The molecule has 1 N–H and O–H groups in total. The lowest BCUT2D eigenvalue weighted by Gasteiger charge is -2.14. The van der Waals surface area contributed by atoms with Gasteiger partial charge in [0.25, 0.3) is 5.91 Å². The van der Waals surface area contributed by atoms with Crippen molar-refractivity contribution in [3.63, 3.8) is 0 Å². The van der Waals surface area contributed by atoms with Gasteiger partial charge in [0.2, 0.25) is 0 Å². The van der Waals surface area contributed by atoms with E-state index in [0.717, 1.165) is 5.69 Å². The fourth-order valence-electron chi connectivity index (χ4n) is 2.47. The van der Waals surface area contributed by atoms with Gasteiger partial charge in [-0.15, -0.1) is 0 Å². The molecule has 0 aliphatic rings. The molecule has 3 rings (SSSR count). The smallest absolute Gasteiger partial charge is 0.258 e. The average Bonchev–Trinajstić information content (AvgIpc) is 2.99. The van der Waals surface area contributed by atoms with Gasteiger partial charge in [-0.1, -0.05) is 44.0 Å². The summed E-state index contributed by atoms with van der Waals surface area (Å²) < 4.78 is 14.9. The Hall–Kier alpha value is -2.37. The van der Waals surface area contributed by atoms with Crippen LogP contribution in [0.15, 0.2) is 48.5 Å². The Bertz CT molecular complexity index is 991. The number of carbonyl (C=O) groups excluding carboxylic acids is 1. The Labute approximate surface area is 166 Å². The predicted molar refractivity (Wildman–Crippen MR) is 107 cm³/mol. The quantitative estimate of drug-likeness (QED) is 0.592. The normalized spacial score (nSPS) is 11.5. The summed E-state index contributed by atoms with van der Waals surface area (Å²) in [6, 6.07) is 12.3. The highest BCUT2D eigenvalue weighted by molar-refractivity contribution is 6.37. The van der Waals surface area contributed by atoms with Gasteiger partial charge in [-0.25, -0.2) is 9.07 Å². The van der Waals surface area contributed by atoms with Crippen LogP contribution in [0.5, 0.6) is 0 Å². The maximum absolute atomic E-state index is 13.3. The molecule has 2 aromatic carbocycles. The molecular weight excluding hydrogens is 388 g/mol. The summed E-state index contributed by atoms with van der Waals surface area (Å²) >= 11 is 12.0. The molecular formula is C20H18Cl2FN3O. The minimum absolute atomic E-state index is 0.233. The van der Waals surface area contributed by atoms with E-state index in [2.05, 4.69) is 10.4 Å². The van der Waals surface area contributed by atoms with Gasteiger partial charge >= 0.3 is 0 Å². The van der Waals surface area contributed by atoms with Crippen molar-refractivity contribution in [3.05, 3.63) is 75.7 Å². The zero-order valence-corrected chi connectivity index (χ0v) is 16.6. The van der Waals surface area contributed by atoms with Gasteiger partial charge in [0.05, 0.1) is 22.0 Å². The number of rotatable bonds is 3. The Morgan fingerprint density at radius 2 is 1.74 bits per heavy atom. The summed E-state index contributed by atoms with van der Waals surface area (Å²) in [5, 5.41) is 8.12. The number of benzene rings is 2. The third kappa shape index (κ3) is 4.31. The van der Waals surface area contributed by atoms with Crippen molar-refractivity contribution in [2.75, 3.05) is 5.32 Å². The monoisotopic (exact) mass is 405 g/mol. The topological polar surface area (TPSA) is 46.9 Å². The molecule has 27 heavy (non-hydrogen) atoms. The van der Waals surface area contributed by atoms with Crippen molar-refractivity contribution in [1.82, 2.24) is 9.78 Å². The van der Waals surface area contributed by atoms with Crippen LogP contribution in [-0.2, 0) is 5.41 Å². The molecule has 0 fully saturated rings. The van der Waals surface area contributed by atoms with Gasteiger partial charge in [0.1, 0.15) is 11.6 Å². The Balaban J connectivity index is 2.01. The Morgan fingerprint density at radius 1 is 1.07 bits per heavy atom. The zero-order valence-electron chi connectivity index (χ0n) is 15.1. The van der Waals surface area contributed by atoms with Gasteiger partial charge in [-0.2, -0.15) is 5.10 Å². The third-order valence-corrected chi connectivity index (χ3v) is 4.51. The number of aromatic nitrogens is 2. The number of amides is 1. The maximum Gasteiger partial charge on any atom is 0.258 e. The van der Waals surface area contributed by atoms with Crippen LogP contribution in [0.4, 0.5) is 10.2 Å². The zero-order chi connectivity index (χ0) is 19.8. The number of anilines is 1. The number of halogens is 3. The van der Waals surface area contributed by atoms with Crippen molar-refractivity contribution in [3.8, 4) is 5.69 Å². The lowest BCUT2D eigenvalue weighted by molar-refractivity contribution is 0.102. The van der Waals surface area contributed by atoms with Crippen LogP contribution < -0.4 is 5.32 Å². The van der Waals surface area contributed by atoms with Crippen LogP contribution in [-0.4, -0.2) is 15.7 Å². The van der Waals surface area contributed by atoms with Crippen molar-refractivity contribution >= 4 is 34.9 Å². The molecule has 0 unspecified atom stereocenters. The minimum Gasteiger partial charge on any atom is -0.306 e. The largest absolute Gasteiger partial charge is 0.306 e. The van der Waals surface area contributed by atoms with E-state index in [9.17, 15) is 9.18 Å². The van der Waals surface area contributed by atoms with Gasteiger partial charge < -0.3 is 5.32 Å². The number of hydrogen-bond donors (Lipinski definition) is 1. The van der Waals surface area contributed by atoms with Crippen LogP contribution in [0.2, 0.25) is 10.0 Å². The number of nitrogens with one attached hydrogen (secondary N) is 1. The van der Waals surface area contributed by atoms with Crippen LogP contribution in [0.3, 0.4) is 0 Å². The van der Waals surface area contributed by atoms with Crippen LogP contribution in [0.1, 0.15) is 36.8 Å². The van der Waals surface area contributed by atoms with Crippen molar-refractivity contribution in [2.24, 2.45) is 0 Å². The fourth-order valence-corrected chi connectivity index (χ4v) is 2.97. The molecule has 0 saturated carbocycles. The second-order valence-electron chi connectivity index (χ2n) is 7.13. The SMILES string of the molecule is CC(C)(C)c1cc(NC(=O)c2ccc(Cl)cc2Cl)n(-c2ccc(F)cc2)n1. The minimum atomic E-state index is -0.389. The Morgan fingerprint density at radius 3 is 2.33 bits per heavy atom. The van der Waals surface area contributed by atoms with E-state index in [1.165, 1.54) is 18.2 Å². The first-order valence-electron chi connectivity index (χ1n) is 8.28. The molecule has 1 amide bonds. The van der Waals surface area contributed by atoms with Crippen LogP contribution in [0.25, 0.3) is 5.69 Å². The molecule has 1 heterocycles. The summed E-state index contributed by atoms with van der Waals surface area (Å²) in [6.45, 7) is 6.06. The van der Waals surface area contributed by atoms with Crippen molar-refractivity contribution in [1.29, 1.82) is 0 Å². The summed E-state index contributed by atoms with van der Waals surface area (Å²) in [6.07, 6.45) is 0. The van der Waals surface area contributed by atoms with Gasteiger partial charge in [0.15, 0.2) is 0 Å². The second-order valence-corrected chi connectivity index (χ2v) is 7.97. The first kappa shape index (κ1) is 19.4. The van der Waals surface area contributed by atoms with E-state index in [1.54, 1.807) is 35.0 Å². The number of carbonyl (C=O) groups is 1. The van der Waals surface area contributed by atoms with E-state index in [1.807, 2.05) is 20.8 Å². The molecule has 0 atom stereocenters. The molecule has 1 aromatic heterocycles. The van der Waals surface area contributed by atoms with E-state index in [0.29, 0.717) is 22.1 Å². The maximum atomic E-state index is 13.3. The molecule has 0 radical (unpaired) electrons. The molecule has 0 spiro atoms. The highest BCUT2D eigenvalue weighted by Crippen LogP contribution is 2.28. The standard InChI is InChI=1S/C20H18Cl2FN3O/c1-20(2,3)17-11-18(26(25-17)14-7-5-13(23)6-8-14)24-19(27)15-9-4-12(21)10-16(15)22/h4-11H,1-3H3,(H,24,27). The van der Waals surface area contributed by atoms with Gasteiger partial charge in [0, 0.05) is 16.5 Å². The second kappa shape index (κ2) is 7.33. The molecule has 0 bridgehead atoms. The van der Waals surface area contributed by atoms with E-state index in [-0.39, 0.29) is 22.2 Å². The molecule has 0 saturated heterocycles. The van der Waals surface area contributed by atoms with Crippen molar-refractivity contribution in [2.45, 2.75) is 26.2 Å². The van der Waals surface area contributed by atoms with Crippen LogP contribution in [0, 0.1) is 5.82 Å². The van der Waals surface area contributed by atoms with Gasteiger partial charge in [-0.05, 0) is 42.5 Å². The molecule has 3 aromatic rings. The lowest BCUT2D eigenvalue weighted by atomic mass is 9.92. The summed E-state index contributed by atoms with van der Waals surface area (Å²) in [4.78, 5) is 12.7. The number of hydrogen-bond acceptors (Lipinski definition) is 2. The van der Waals surface area contributed by atoms with Gasteiger partial charge in [-0.3, -0.25) is 4.79 Å². The first-order chi connectivity index (χ1) is 12.6. The van der Waals surface area contributed by atoms with E-state index in [4.69, 9.17) is 23.2 Å². The predicted octanol–water partition coefficient (Wildman–Crippen LogP) is 5.87. The fraction of sp³-hybridized carbons (Fsp3) is 0.200. The van der Waals surface area contributed by atoms with Crippen molar-refractivity contribution < 1.29 is 9.18 Å². The lowest BCUT2D eigenvalue weighted by Crippen LogP contribution is -2.15. The summed E-state index contributed by atoms with van der Waals surface area (Å²) in [7, 11) is 0.